The minimum atomic E-state index is -0.145. The topological polar surface area (TPSA) is 65.1 Å². The van der Waals surface area contributed by atoms with Crippen LogP contribution in [0.25, 0.3) is 0 Å². The standard InChI is InChI=1S/C20H36N4O3/c1-22(2)19(26)17-7-6-10-23(17)15-18(25)21-16-20(8-4-3-5-9-20)24-11-13-27-14-12-24/h17H,3-16H2,1-2H3,(H,21,25). The van der Waals surface area contributed by atoms with Crippen LogP contribution in [0.15, 0.2) is 0 Å². The van der Waals surface area contributed by atoms with E-state index in [4.69, 9.17) is 4.74 Å². The first-order chi connectivity index (χ1) is 13.0. The van der Waals surface area contributed by atoms with Gasteiger partial charge < -0.3 is 15.0 Å². The molecule has 27 heavy (non-hydrogen) atoms. The number of likely N-dealkylation sites (tertiary alicyclic amines) is 1. The Morgan fingerprint density at radius 3 is 2.44 bits per heavy atom. The maximum absolute atomic E-state index is 12.7. The summed E-state index contributed by atoms with van der Waals surface area (Å²) >= 11 is 0. The predicted octanol–water partition coefficient (Wildman–Crippen LogP) is 0.690. The van der Waals surface area contributed by atoms with Crippen molar-refractivity contribution in [3.63, 3.8) is 0 Å². The van der Waals surface area contributed by atoms with E-state index in [1.165, 1.54) is 19.3 Å². The fourth-order valence-electron chi connectivity index (χ4n) is 4.95. The van der Waals surface area contributed by atoms with Gasteiger partial charge in [0.2, 0.25) is 11.8 Å². The molecule has 1 aliphatic carbocycles. The lowest BCUT2D eigenvalue weighted by Gasteiger charge is -2.48. The molecule has 2 amide bonds. The zero-order chi connectivity index (χ0) is 19.3. The number of carbonyl (C=O) groups excluding carboxylic acids is 2. The number of amides is 2. The summed E-state index contributed by atoms with van der Waals surface area (Å²) in [7, 11) is 3.57. The van der Waals surface area contributed by atoms with Crippen molar-refractivity contribution < 1.29 is 14.3 Å². The van der Waals surface area contributed by atoms with E-state index < -0.39 is 0 Å². The second kappa shape index (κ2) is 9.34. The van der Waals surface area contributed by atoms with Gasteiger partial charge in [0.1, 0.15) is 0 Å². The first kappa shape index (κ1) is 20.6. The first-order valence-corrected chi connectivity index (χ1v) is 10.6. The average Bonchev–Trinajstić information content (AvgIpc) is 3.15. The van der Waals surface area contributed by atoms with Crippen LogP contribution in [0, 0.1) is 0 Å². The van der Waals surface area contributed by atoms with Gasteiger partial charge in [-0.25, -0.2) is 0 Å². The Kier molecular flexibility index (Phi) is 7.11. The minimum absolute atomic E-state index is 0.0478. The Morgan fingerprint density at radius 2 is 1.78 bits per heavy atom. The molecule has 1 unspecified atom stereocenters. The number of likely N-dealkylation sites (N-methyl/N-ethyl adjacent to an activating group) is 1. The number of morpholine rings is 1. The van der Waals surface area contributed by atoms with Crippen molar-refractivity contribution in [3.05, 3.63) is 0 Å². The summed E-state index contributed by atoms with van der Waals surface area (Å²) < 4.78 is 5.53. The summed E-state index contributed by atoms with van der Waals surface area (Å²) in [6.45, 7) is 5.36. The highest BCUT2D eigenvalue weighted by Crippen LogP contribution is 2.33. The van der Waals surface area contributed by atoms with Gasteiger partial charge in [0, 0.05) is 39.3 Å². The van der Waals surface area contributed by atoms with Crippen molar-refractivity contribution in [1.82, 2.24) is 20.0 Å². The average molecular weight is 381 g/mol. The van der Waals surface area contributed by atoms with E-state index in [1.54, 1.807) is 19.0 Å². The van der Waals surface area contributed by atoms with E-state index in [9.17, 15) is 9.59 Å². The second-order valence-electron chi connectivity index (χ2n) is 8.52. The zero-order valence-electron chi connectivity index (χ0n) is 17.0. The summed E-state index contributed by atoms with van der Waals surface area (Å²) in [6, 6.07) is -0.145. The van der Waals surface area contributed by atoms with Gasteiger partial charge in [0.15, 0.2) is 0 Å². The van der Waals surface area contributed by atoms with Crippen molar-refractivity contribution in [1.29, 1.82) is 0 Å². The molecular formula is C20H36N4O3. The SMILES string of the molecule is CN(C)C(=O)C1CCCN1CC(=O)NCC1(N2CCOCC2)CCCCC1. The molecule has 3 aliphatic rings. The molecule has 7 heteroatoms. The largest absolute Gasteiger partial charge is 0.379 e. The Labute approximate surface area is 163 Å². The molecule has 2 heterocycles. The molecule has 3 fully saturated rings. The lowest BCUT2D eigenvalue weighted by Crippen LogP contribution is -2.60. The van der Waals surface area contributed by atoms with Crippen molar-refractivity contribution in [2.75, 3.05) is 60.0 Å². The normalized spacial score (nSPS) is 26.7. The van der Waals surface area contributed by atoms with Crippen LogP contribution in [0.5, 0.6) is 0 Å². The summed E-state index contributed by atoms with van der Waals surface area (Å²) in [4.78, 5) is 31.2. The Balaban J connectivity index is 1.55. The lowest BCUT2D eigenvalue weighted by molar-refractivity contribution is -0.134. The summed E-state index contributed by atoms with van der Waals surface area (Å²) in [5.74, 6) is 0.157. The van der Waals surface area contributed by atoms with Gasteiger partial charge in [-0.05, 0) is 32.2 Å². The van der Waals surface area contributed by atoms with Gasteiger partial charge in [-0.1, -0.05) is 19.3 Å². The van der Waals surface area contributed by atoms with E-state index in [0.29, 0.717) is 13.1 Å². The number of rotatable bonds is 6. The summed E-state index contributed by atoms with van der Waals surface area (Å²) in [5, 5.41) is 3.22. The Morgan fingerprint density at radius 1 is 1.07 bits per heavy atom. The van der Waals surface area contributed by atoms with E-state index in [2.05, 4.69) is 10.2 Å². The number of ether oxygens (including phenoxy) is 1. The molecule has 0 radical (unpaired) electrons. The molecule has 2 aliphatic heterocycles. The van der Waals surface area contributed by atoms with Crippen LogP contribution in [0.3, 0.4) is 0 Å². The third kappa shape index (κ3) is 5.00. The molecule has 3 rings (SSSR count). The maximum Gasteiger partial charge on any atom is 0.239 e. The minimum Gasteiger partial charge on any atom is -0.379 e. The number of nitrogens with zero attached hydrogens (tertiary/aromatic N) is 3. The van der Waals surface area contributed by atoms with Crippen molar-refractivity contribution >= 4 is 11.8 Å². The molecule has 0 bridgehead atoms. The van der Waals surface area contributed by atoms with Crippen LogP contribution in [0.2, 0.25) is 0 Å². The van der Waals surface area contributed by atoms with Gasteiger partial charge in [0.05, 0.1) is 25.8 Å². The Hall–Kier alpha value is -1.18. The number of hydrogen-bond donors (Lipinski definition) is 1. The number of carbonyl (C=O) groups is 2. The van der Waals surface area contributed by atoms with Gasteiger partial charge in [-0.3, -0.25) is 19.4 Å². The molecule has 154 valence electrons. The third-order valence-electron chi connectivity index (χ3n) is 6.52. The molecule has 1 N–H and O–H groups in total. The van der Waals surface area contributed by atoms with E-state index in [-0.39, 0.29) is 23.4 Å². The van der Waals surface area contributed by atoms with Gasteiger partial charge in [0.25, 0.3) is 0 Å². The molecule has 1 saturated carbocycles. The fourth-order valence-corrected chi connectivity index (χ4v) is 4.95. The van der Waals surface area contributed by atoms with E-state index in [0.717, 1.165) is 58.5 Å². The van der Waals surface area contributed by atoms with Crippen molar-refractivity contribution in [2.24, 2.45) is 0 Å². The monoisotopic (exact) mass is 380 g/mol. The van der Waals surface area contributed by atoms with E-state index in [1.807, 2.05) is 4.90 Å². The van der Waals surface area contributed by atoms with Gasteiger partial charge >= 0.3 is 0 Å². The van der Waals surface area contributed by atoms with Crippen LogP contribution in [0.1, 0.15) is 44.9 Å². The van der Waals surface area contributed by atoms with Crippen LogP contribution >= 0.6 is 0 Å². The fraction of sp³-hybridized carbons (Fsp3) is 0.900. The highest BCUT2D eigenvalue weighted by Gasteiger charge is 2.39. The van der Waals surface area contributed by atoms with Crippen molar-refractivity contribution in [2.45, 2.75) is 56.5 Å². The quantitative estimate of drug-likeness (QED) is 0.735. The Bertz CT molecular complexity index is 513. The predicted molar refractivity (Wildman–Crippen MR) is 105 cm³/mol. The maximum atomic E-state index is 12.7. The second-order valence-corrected chi connectivity index (χ2v) is 8.52. The molecule has 0 aromatic rings. The molecule has 7 nitrogen and oxygen atoms in total. The van der Waals surface area contributed by atoms with Gasteiger partial charge in [-0.15, -0.1) is 0 Å². The van der Waals surface area contributed by atoms with Crippen molar-refractivity contribution in [3.8, 4) is 0 Å². The highest BCUT2D eigenvalue weighted by molar-refractivity contribution is 5.83. The molecule has 2 saturated heterocycles. The number of hydrogen-bond acceptors (Lipinski definition) is 5. The highest BCUT2D eigenvalue weighted by atomic mass is 16.5. The third-order valence-corrected chi connectivity index (χ3v) is 6.52. The van der Waals surface area contributed by atoms with Crippen LogP contribution < -0.4 is 5.32 Å². The first-order valence-electron chi connectivity index (χ1n) is 10.6. The molecule has 0 spiro atoms. The summed E-state index contributed by atoms with van der Waals surface area (Å²) in [5.41, 5.74) is 0.0849. The van der Waals surface area contributed by atoms with E-state index >= 15 is 0 Å². The summed E-state index contributed by atoms with van der Waals surface area (Å²) in [6.07, 6.45) is 7.90. The molecular weight excluding hydrogens is 344 g/mol. The lowest BCUT2D eigenvalue weighted by atomic mass is 9.79. The smallest absolute Gasteiger partial charge is 0.239 e. The molecule has 0 aromatic carbocycles. The van der Waals surface area contributed by atoms with Crippen LogP contribution in [-0.4, -0.2) is 98.1 Å². The van der Waals surface area contributed by atoms with Crippen LogP contribution in [0.4, 0.5) is 0 Å². The zero-order valence-corrected chi connectivity index (χ0v) is 17.0. The molecule has 1 atom stereocenters. The molecule has 0 aromatic heterocycles. The van der Waals surface area contributed by atoms with Gasteiger partial charge in [-0.2, -0.15) is 0 Å². The number of nitrogens with one attached hydrogen (secondary N) is 1. The van der Waals surface area contributed by atoms with Crippen LogP contribution in [-0.2, 0) is 14.3 Å².